The van der Waals surface area contributed by atoms with E-state index in [0.717, 1.165) is 30.5 Å². The Morgan fingerprint density at radius 1 is 1.30 bits per heavy atom. The Hall–Kier alpha value is -1.88. The molecule has 3 N–H and O–H groups in total. The van der Waals surface area contributed by atoms with Gasteiger partial charge in [0, 0.05) is 18.3 Å². The van der Waals surface area contributed by atoms with Crippen LogP contribution >= 0.6 is 0 Å². The Balaban J connectivity index is 1.86. The number of nitrogens with zero attached hydrogens (tertiary/aromatic N) is 1. The lowest BCUT2D eigenvalue weighted by Crippen LogP contribution is -2.41. The summed E-state index contributed by atoms with van der Waals surface area (Å²) in [4.78, 5) is 25.3. The Bertz CT molecular complexity index is 570. The molecule has 1 aromatic rings. The van der Waals surface area contributed by atoms with Crippen LogP contribution in [0, 0.1) is 5.92 Å². The van der Waals surface area contributed by atoms with E-state index in [-0.39, 0.29) is 23.4 Å². The Labute approximate surface area is 117 Å². The van der Waals surface area contributed by atoms with Crippen LogP contribution in [-0.4, -0.2) is 29.6 Å². The number of amides is 1. The maximum absolute atomic E-state index is 12.6. The van der Waals surface area contributed by atoms with Gasteiger partial charge in [0.15, 0.2) is 0 Å². The largest absolute Gasteiger partial charge is 0.478 e. The summed E-state index contributed by atoms with van der Waals surface area (Å²) in [5, 5.41) is 9.00. The van der Waals surface area contributed by atoms with E-state index in [9.17, 15) is 9.59 Å². The van der Waals surface area contributed by atoms with Gasteiger partial charge in [-0.05, 0) is 43.0 Å². The van der Waals surface area contributed by atoms with Crippen molar-refractivity contribution >= 4 is 17.6 Å². The van der Waals surface area contributed by atoms with E-state index in [2.05, 4.69) is 0 Å². The SMILES string of the molecule is NC1CCCC1C(=O)N1CCc2cc(C(=O)O)ccc21. The fourth-order valence-corrected chi connectivity index (χ4v) is 3.26. The zero-order valence-electron chi connectivity index (χ0n) is 11.2. The third-order valence-corrected chi connectivity index (χ3v) is 4.37. The lowest BCUT2D eigenvalue weighted by Gasteiger charge is -2.23. The molecule has 0 spiro atoms. The molecule has 3 rings (SSSR count). The molecule has 0 bridgehead atoms. The number of hydrogen-bond donors (Lipinski definition) is 2. The number of rotatable bonds is 2. The fraction of sp³-hybridized carbons (Fsp3) is 0.467. The molecule has 20 heavy (non-hydrogen) atoms. The molecule has 5 nitrogen and oxygen atoms in total. The molecule has 5 heteroatoms. The normalized spacial score (nSPS) is 24.8. The molecule has 0 aromatic heterocycles. The molecular weight excluding hydrogens is 256 g/mol. The highest BCUT2D eigenvalue weighted by Gasteiger charge is 2.36. The first-order valence-electron chi connectivity index (χ1n) is 7.01. The highest BCUT2D eigenvalue weighted by Crippen LogP contribution is 2.33. The third-order valence-electron chi connectivity index (χ3n) is 4.37. The zero-order valence-corrected chi connectivity index (χ0v) is 11.2. The second-order valence-electron chi connectivity index (χ2n) is 5.59. The van der Waals surface area contributed by atoms with Crippen LogP contribution in [0.15, 0.2) is 18.2 Å². The summed E-state index contributed by atoms with van der Waals surface area (Å²) < 4.78 is 0. The van der Waals surface area contributed by atoms with Gasteiger partial charge in [-0.3, -0.25) is 4.79 Å². The summed E-state index contributed by atoms with van der Waals surface area (Å²) >= 11 is 0. The lowest BCUT2D eigenvalue weighted by molar-refractivity contribution is -0.122. The van der Waals surface area contributed by atoms with Crippen LogP contribution in [0.5, 0.6) is 0 Å². The first kappa shape index (κ1) is 13.1. The number of fused-ring (bicyclic) bond motifs is 1. The highest BCUT2D eigenvalue weighted by atomic mass is 16.4. The van der Waals surface area contributed by atoms with Gasteiger partial charge in [0.2, 0.25) is 5.91 Å². The van der Waals surface area contributed by atoms with Crippen molar-refractivity contribution in [2.24, 2.45) is 11.7 Å². The van der Waals surface area contributed by atoms with Crippen molar-refractivity contribution in [3.63, 3.8) is 0 Å². The summed E-state index contributed by atoms with van der Waals surface area (Å²) in [5.74, 6) is -0.924. The first-order valence-corrected chi connectivity index (χ1v) is 7.01. The van der Waals surface area contributed by atoms with E-state index >= 15 is 0 Å². The van der Waals surface area contributed by atoms with E-state index in [1.807, 2.05) is 0 Å². The molecule has 1 amide bonds. The van der Waals surface area contributed by atoms with Crippen LogP contribution in [-0.2, 0) is 11.2 Å². The van der Waals surface area contributed by atoms with Gasteiger partial charge in [-0.1, -0.05) is 6.42 Å². The molecule has 2 atom stereocenters. The van der Waals surface area contributed by atoms with Crippen LogP contribution in [0.3, 0.4) is 0 Å². The van der Waals surface area contributed by atoms with Crippen LogP contribution in [0.1, 0.15) is 35.2 Å². The predicted molar refractivity (Wildman–Crippen MR) is 74.8 cm³/mol. The number of benzene rings is 1. The molecule has 106 valence electrons. The summed E-state index contributed by atoms with van der Waals surface area (Å²) in [7, 11) is 0. The molecule has 0 radical (unpaired) electrons. The van der Waals surface area contributed by atoms with Crippen molar-refractivity contribution in [2.75, 3.05) is 11.4 Å². The molecule has 1 saturated carbocycles. The van der Waals surface area contributed by atoms with Crippen molar-refractivity contribution in [2.45, 2.75) is 31.7 Å². The Morgan fingerprint density at radius 3 is 2.75 bits per heavy atom. The molecular formula is C15H18N2O3. The smallest absolute Gasteiger partial charge is 0.335 e. The zero-order chi connectivity index (χ0) is 14.3. The Morgan fingerprint density at radius 2 is 2.10 bits per heavy atom. The number of carboxylic acids is 1. The predicted octanol–water partition coefficient (Wildman–Crippen LogP) is 1.40. The maximum atomic E-state index is 12.6. The Kier molecular flexibility index (Phi) is 3.22. The summed E-state index contributed by atoms with van der Waals surface area (Å²) in [6, 6.07) is 4.93. The van der Waals surface area contributed by atoms with Crippen LogP contribution in [0.2, 0.25) is 0 Å². The molecule has 2 aliphatic rings. The van der Waals surface area contributed by atoms with Gasteiger partial charge in [0.25, 0.3) is 0 Å². The topological polar surface area (TPSA) is 83.6 Å². The van der Waals surface area contributed by atoms with Gasteiger partial charge in [-0.15, -0.1) is 0 Å². The van der Waals surface area contributed by atoms with Crippen LogP contribution in [0.25, 0.3) is 0 Å². The van der Waals surface area contributed by atoms with Crippen molar-refractivity contribution in [1.29, 1.82) is 0 Å². The summed E-state index contributed by atoms with van der Waals surface area (Å²) in [6.45, 7) is 0.625. The van der Waals surface area contributed by atoms with Gasteiger partial charge in [0.1, 0.15) is 0 Å². The molecule has 0 saturated heterocycles. The first-order chi connectivity index (χ1) is 9.58. The van der Waals surface area contributed by atoms with E-state index in [4.69, 9.17) is 10.8 Å². The average Bonchev–Trinajstić information content (AvgIpc) is 3.03. The van der Waals surface area contributed by atoms with Gasteiger partial charge in [0.05, 0.1) is 11.5 Å². The highest BCUT2D eigenvalue weighted by molar-refractivity contribution is 5.98. The number of carbonyl (C=O) groups is 2. The average molecular weight is 274 g/mol. The number of carboxylic acid groups (broad SMARTS) is 1. The third kappa shape index (κ3) is 2.08. The summed E-state index contributed by atoms with van der Waals surface area (Å²) in [5.41, 5.74) is 8.06. The fourth-order valence-electron chi connectivity index (χ4n) is 3.26. The van der Waals surface area contributed by atoms with Crippen molar-refractivity contribution in [1.82, 2.24) is 0 Å². The minimum absolute atomic E-state index is 0.0372. The molecule has 2 unspecified atom stereocenters. The number of anilines is 1. The summed E-state index contributed by atoms with van der Waals surface area (Å²) in [6.07, 6.45) is 3.49. The van der Waals surface area contributed by atoms with Gasteiger partial charge < -0.3 is 15.7 Å². The molecule has 1 aliphatic heterocycles. The minimum atomic E-state index is -0.935. The van der Waals surface area contributed by atoms with Crippen molar-refractivity contribution < 1.29 is 14.7 Å². The number of nitrogens with two attached hydrogens (primary N) is 1. The second kappa shape index (κ2) is 4.90. The molecule has 1 aromatic carbocycles. The van der Waals surface area contributed by atoms with E-state index in [0.29, 0.717) is 13.0 Å². The van der Waals surface area contributed by atoms with Crippen LogP contribution < -0.4 is 10.6 Å². The molecule has 1 fully saturated rings. The number of carbonyl (C=O) groups excluding carboxylic acids is 1. The monoisotopic (exact) mass is 274 g/mol. The maximum Gasteiger partial charge on any atom is 0.335 e. The number of hydrogen-bond acceptors (Lipinski definition) is 3. The van der Waals surface area contributed by atoms with Gasteiger partial charge in [-0.2, -0.15) is 0 Å². The van der Waals surface area contributed by atoms with E-state index < -0.39 is 5.97 Å². The van der Waals surface area contributed by atoms with Crippen LogP contribution in [0.4, 0.5) is 5.69 Å². The van der Waals surface area contributed by atoms with E-state index in [1.165, 1.54) is 0 Å². The van der Waals surface area contributed by atoms with Crippen molar-refractivity contribution in [3.8, 4) is 0 Å². The standard InChI is InChI=1S/C15H18N2O3/c16-12-3-1-2-11(12)14(18)17-7-6-9-8-10(15(19)20)4-5-13(9)17/h4-5,8,11-12H,1-3,6-7,16H2,(H,19,20). The molecule has 1 heterocycles. The van der Waals surface area contributed by atoms with Gasteiger partial charge >= 0.3 is 5.97 Å². The lowest BCUT2D eigenvalue weighted by atomic mass is 10.0. The second-order valence-corrected chi connectivity index (χ2v) is 5.59. The quantitative estimate of drug-likeness (QED) is 0.854. The van der Waals surface area contributed by atoms with E-state index in [1.54, 1.807) is 23.1 Å². The van der Waals surface area contributed by atoms with Crippen molar-refractivity contribution in [3.05, 3.63) is 29.3 Å². The van der Waals surface area contributed by atoms with Gasteiger partial charge in [-0.25, -0.2) is 4.79 Å². The molecule has 1 aliphatic carbocycles. The minimum Gasteiger partial charge on any atom is -0.478 e. The number of aromatic carboxylic acids is 1.